The van der Waals surface area contributed by atoms with Crippen LogP contribution in [-0.2, 0) is 0 Å². The Bertz CT molecular complexity index is 1110. The van der Waals surface area contributed by atoms with Crippen LogP contribution in [0.2, 0.25) is 0 Å². The number of nitrogens with one attached hydrogen (secondary N) is 2. The van der Waals surface area contributed by atoms with E-state index < -0.39 is 38.6 Å². The summed E-state index contributed by atoms with van der Waals surface area (Å²) in [6, 6.07) is 8.35. The highest BCUT2D eigenvalue weighted by Crippen LogP contribution is 2.26. The van der Waals surface area contributed by atoms with Gasteiger partial charge in [-0.25, -0.2) is 0 Å². The van der Waals surface area contributed by atoms with Crippen LogP contribution in [0.5, 0.6) is 0 Å². The number of amides is 2. The van der Waals surface area contributed by atoms with E-state index >= 15 is 0 Å². The molecule has 2 amide bonds. The smallest absolute Gasteiger partial charge is 0.282 e. The molecule has 0 saturated carbocycles. The van der Waals surface area contributed by atoms with Crippen molar-refractivity contribution in [1.29, 1.82) is 0 Å². The summed E-state index contributed by atoms with van der Waals surface area (Å²) in [7, 11) is 0. The largest absolute Gasteiger partial charge is 0.346 e. The van der Waals surface area contributed by atoms with E-state index in [1.807, 2.05) is 6.26 Å². The average Bonchev–Trinajstić information content (AvgIpc) is 2.73. The van der Waals surface area contributed by atoms with Crippen LogP contribution in [0.3, 0.4) is 0 Å². The number of nitro benzene ring substituents is 1. The second kappa shape index (κ2) is 11.0. The van der Waals surface area contributed by atoms with Gasteiger partial charge in [-0.2, -0.15) is 11.8 Å². The summed E-state index contributed by atoms with van der Waals surface area (Å²) in [4.78, 5) is 47.9. The lowest BCUT2D eigenvalue weighted by Crippen LogP contribution is -2.46. The molecule has 8 nitrogen and oxygen atoms in total. The Morgan fingerprint density at radius 1 is 1.15 bits per heavy atom. The molecule has 0 bridgehead atoms. The second-order valence-electron chi connectivity index (χ2n) is 7.88. The predicted octanol–water partition coefficient (Wildman–Crippen LogP) is 5.01. The summed E-state index contributed by atoms with van der Waals surface area (Å²) in [6.07, 6.45) is 1.87. The first-order valence-corrected chi connectivity index (χ1v) is 12.0. The molecule has 0 fully saturated rings. The zero-order chi connectivity index (χ0) is 24.9. The van der Waals surface area contributed by atoms with Gasteiger partial charge in [0.2, 0.25) is 0 Å². The Morgan fingerprint density at radius 3 is 2.39 bits per heavy atom. The molecule has 0 atom stereocenters. The van der Waals surface area contributed by atoms with Crippen LogP contribution in [0, 0.1) is 17.0 Å². The van der Waals surface area contributed by atoms with E-state index in [1.54, 1.807) is 26.8 Å². The number of benzene rings is 2. The Labute approximate surface area is 205 Å². The van der Waals surface area contributed by atoms with Crippen LogP contribution in [0.25, 0.3) is 0 Å². The lowest BCUT2D eigenvalue weighted by atomic mass is 10.0. The van der Waals surface area contributed by atoms with Gasteiger partial charge in [-0.3, -0.25) is 24.5 Å². The van der Waals surface area contributed by atoms with Crippen LogP contribution in [0.1, 0.15) is 50.5 Å². The summed E-state index contributed by atoms with van der Waals surface area (Å²) in [6.45, 7) is 5.26. The fourth-order valence-corrected chi connectivity index (χ4v) is 4.16. The predicted molar refractivity (Wildman–Crippen MR) is 132 cm³/mol. The number of anilines is 1. The van der Waals surface area contributed by atoms with E-state index in [4.69, 9.17) is 23.2 Å². The van der Waals surface area contributed by atoms with Gasteiger partial charge in [-0.05, 0) is 44.7 Å². The van der Waals surface area contributed by atoms with Crippen LogP contribution >= 0.6 is 35.0 Å². The number of Topliss-reactive ketones (excluding diaryl/α,β-unsaturated/α-hetero) is 1. The van der Waals surface area contributed by atoms with Gasteiger partial charge in [-0.1, -0.05) is 41.4 Å². The molecule has 0 aliphatic carbocycles. The minimum Gasteiger partial charge on any atom is -0.346 e. The number of rotatable bonds is 9. The van der Waals surface area contributed by atoms with Crippen molar-refractivity contribution in [3.8, 4) is 0 Å². The molecule has 0 heterocycles. The summed E-state index contributed by atoms with van der Waals surface area (Å²) >= 11 is 12.8. The summed E-state index contributed by atoms with van der Waals surface area (Å²) in [5.74, 6) is -1.46. The first kappa shape index (κ1) is 26.6. The van der Waals surface area contributed by atoms with Crippen molar-refractivity contribution >= 4 is 63.9 Å². The van der Waals surface area contributed by atoms with Gasteiger partial charge in [0.1, 0.15) is 5.56 Å². The molecule has 2 aromatic carbocycles. The highest BCUT2D eigenvalue weighted by atomic mass is 35.5. The Morgan fingerprint density at radius 2 is 1.82 bits per heavy atom. The molecular formula is C22H23Cl2N3O5S. The van der Waals surface area contributed by atoms with Crippen molar-refractivity contribution in [2.45, 2.75) is 31.1 Å². The van der Waals surface area contributed by atoms with Crippen molar-refractivity contribution in [2.24, 2.45) is 0 Å². The highest BCUT2D eigenvalue weighted by molar-refractivity contribution is 7.98. The monoisotopic (exact) mass is 511 g/mol. The molecule has 2 N–H and O–H groups in total. The first-order valence-electron chi connectivity index (χ1n) is 9.71. The molecule has 0 aliphatic rings. The third kappa shape index (κ3) is 6.69. The molecule has 0 aliphatic heterocycles. The minimum atomic E-state index is -1.27. The average molecular weight is 512 g/mol. The van der Waals surface area contributed by atoms with E-state index in [0.717, 1.165) is 0 Å². The number of nitrogens with zero attached hydrogens (tertiary/aromatic N) is 1. The van der Waals surface area contributed by atoms with E-state index in [2.05, 4.69) is 10.6 Å². The van der Waals surface area contributed by atoms with Crippen molar-refractivity contribution in [2.75, 3.05) is 17.3 Å². The molecule has 11 heteroatoms. The topological polar surface area (TPSA) is 118 Å². The Hall–Kier alpha value is -2.62. The van der Waals surface area contributed by atoms with Gasteiger partial charge < -0.3 is 10.6 Å². The zero-order valence-corrected chi connectivity index (χ0v) is 20.7. The number of hydrogen-bond acceptors (Lipinski definition) is 6. The number of carbonyl (C=O) groups excluding carboxylic acids is 3. The third-order valence-corrected chi connectivity index (χ3v) is 6.04. The Kier molecular flexibility index (Phi) is 8.88. The Balaban J connectivity index is 2.49. The number of hydrogen-bond donors (Lipinski definition) is 2. The fourth-order valence-electron chi connectivity index (χ4n) is 3.11. The van der Waals surface area contributed by atoms with Crippen LogP contribution in [0.15, 0.2) is 36.4 Å². The second-order valence-corrected chi connectivity index (χ2v) is 9.84. The van der Waals surface area contributed by atoms with E-state index in [-0.39, 0.29) is 22.4 Å². The molecule has 0 radical (unpaired) electrons. The molecular weight excluding hydrogens is 489 g/mol. The highest BCUT2D eigenvalue weighted by Gasteiger charge is 2.31. The van der Waals surface area contributed by atoms with Crippen molar-refractivity contribution in [3.05, 3.63) is 68.8 Å². The van der Waals surface area contributed by atoms with Gasteiger partial charge in [0.15, 0.2) is 10.6 Å². The molecule has 33 heavy (non-hydrogen) atoms. The molecule has 0 spiro atoms. The normalized spacial score (nSPS) is 11.2. The molecule has 0 saturated heterocycles. The number of carbonyl (C=O) groups is 3. The third-order valence-electron chi connectivity index (χ3n) is 4.64. The number of aryl methyl sites for hydroxylation is 1. The maximum atomic E-state index is 13.1. The maximum Gasteiger partial charge on any atom is 0.282 e. The van der Waals surface area contributed by atoms with Crippen molar-refractivity contribution < 1.29 is 19.3 Å². The summed E-state index contributed by atoms with van der Waals surface area (Å²) in [5, 5.41) is 17.0. The van der Waals surface area contributed by atoms with Crippen molar-refractivity contribution in [3.63, 3.8) is 0 Å². The summed E-state index contributed by atoms with van der Waals surface area (Å²) < 4.78 is 0. The van der Waals surface area contributed by atoms with Gasteiger partial charge in [0.05, 0.1) is 10.5 Å². The number of nitro groups is 1. The maximum absolute atomic E-state index is 13.1. The van der Waals surface area contributed by atoms with Crippen molar-refractivity contribution in [1.82, 2.24) is 5.32 Å². The minimum absolute atomic E-state index is 0.176. The number of alkyl halides is 2. The fraction of sp³-hybridized carbons (Fsp3) is 0.318. The summed E-state index contributed by atoms with van der Waals surface area (Å²) in [5.41, 5.74) is -0.599. The van der Waals surface area contributed by atoms with E-state index in [0.29, 0.717) is 11.3 Å². The number of thioether (sulfide) groups is 1. The SMILES string of the molecule is CSCC(C)(C)NC(=O)c1c(C(=O)Nc2cc(C(=O)C(Cl)Cl)ccc2C)cccc1[N+](=O)[O-]. The van der Waals surface area contributed by atoms with E-state index in [1.165, 1.54) is 42.1 Å². The zero-order valence-electron chi connectivity index (χ0n) is 18.4. The molecule has 0 aromatic heterocycles. The number of halogens is 2. The molecule has 176 valence electrons. The van der Waals surface area contributed by atoms with Crippen LogP contribution in [-0.4, -0.2) is 44.9 Å². The van der Waals surface area contributed by atoms with Gasteiger partial charge >= 0.3 is 0 Å². The van der Waals surface area contributed by atoms with E-state index in [9.17, 15) is 24.5 Å². The lowest BCUT2D eigenvalue weighted by Gasteiger charge is -2.25. The standard InChI is InChI=1S/C22H23Cl2N3O5S/c1-12-8-9-13(18(28)19(23)24)10-15(12)25-20(29)14-6-5-7-16(27(31)32)17(14)21(30)26-22(2,3)11-33-4/h5-10,19H,11H2,1-4H3,(H,25,29)(H,26,30). The molecule has 2 rings (SSSR count). The molecule has 0 unspecified atom stereocenters. The van der Waals surface area contributed by atoms with Crippen LogP contribution < -0.4 is 10.6 Å². The first-order chi connectivity index (χ1) is 15.4. The van der Waals surface area contributed by atoms with Gasteiger partial charge in [-0.15, -0.1) is 0 Å². The number of ketones is 1. The quantitative estimate of drug-likeness (QED) is 0.211. The van der Waals surface area contributed by atoms with Crippen LogP contribution in [0.4, 0.5) is 11.4 Å². The molecule has 2 aromatic rings. The van der Waals surface area contributed by atoms with Gasteiger partial charge in [0.25, 0.3) is 17.5 Å². The van der Waals surface area contributed by atoms with Gasteiger partial charge in [0, 0.05) is 28.6 Å². The lowest BCUT2D eigenvalue weighted by molar-refractivity contribution is -0.385.